The van der Waals surface area contributed by atoms with Gasteiger partial charge in [-0.15, -0.1) is 0 Å². The van der Waals surface area contributed by atoms with Gasteiger partial charge in [0.15, 0.2) is 0 Å². The lowest BCUT2D eigenvalue weighted by molar-refractivity contribution is 0.668. The minimum Gasteiger partial charge on any atom is -0.456 e. The Morgan fingerprint density at radius 3 is 1.79 bits per heavy atom. The smallest absolute Gasteiger partial charge is 0.143 e. The topological polar surface area (TPSA) is 51.5 Å². The van der Waals surface area contributed by atoms with E-state index < -0.39 is 18.9 Å². The van der Waals surface area contributed by atoms with E-state index in [9.17, 15) is 0 Å². The van der Waals surface area contributed by atoms with E-state index in [4.69, 9.17) is 18.3 Å². The summed E-state index contributed by atoms with van der Waals surface area (Å²) < 4.78 is 20.4. The first-order valence-electron chi connectivity index (χ1n) is 18.9. The Labute approximate surface area is 335 Å². The van der Waals surface area contributed by atoms with Crippen molar-refractivity contribution in [3.05, 3.63) is 205 Å². The highest BCUT2D eigenvalue weighted by Crippen LogP contribution is 2.43. The van der Waals surface area contributed by atoms with Gasteiger partial charge in [-0.1, -0.05) is 157 Å². The number of benzene rings is 7. The van der Waals surface area contributed by atoms with E-state index >= 15 is 0 Å². The molecule has 1 aliphatic heterocycles. The van der Waals surface area contributed by atoms with Crippen molar-refractivity contribution in [3.8, 4) is 33.4 Å². The van der Waals surface area contributed by atoms with Crippen molar-refractivity contribution in [3.63, 3.8) is 0 Å². The molecule has 1 aliphatic rings. The zero-order chi connectivity index (χ0) is 37.9. The number of hydrogen-bond donors (Lipinski definition) is 0. The third-order valence-corrected chi connectivity index (χ3v) is 15.2. The molecule has 5 heteroatoms. The quantitative estimate of drug-likeness (QED) is 0.157. The zero-order valence-electron chi connectivity index (χ0n) is 30.7. The summed E-state index contributed by atoms with van der Waals surface area (Å²) in [5.74, 6) is 0. The number of fused-ring (bicyclic) bond motifs is 6. The van der Waals surface area contributed by atoms with Gasteiger partial charge in [0, 0.05) is 54.1 Å². The van der Waals surface area contributed by atoms with Crippen molar-refractivity contribution in [2.75, 3.05) is 0 Å². The Morgan fingerprint density at radius 2 is 1.05 bits per heavy atom. The van der Waals surface area contributed by atoms with Gasteiger partial charge in [-0.25, -0.2) is 4.99 Å². The van der Waals surface area contributed by atoms with Gasteiger partial charge in [0.05, 0.1) is 9.42 Å². The van der Waals surface area contributed by atoms with Gasteiger partial charge >= 0.3 is 0 Å². The van der Waals surface area contributed by atoms with Crippen LogP contribution in [0, 0.1) is 0 Å². The maximum Gasteiger partial charge on any atom is 0.143 e. The van der Waals surface area contributed by atoms with Crippen LogP contribution in [0.5, 0.6) is 0 Å². The molecule has 3 aromatic heterocycles. The molecule has 0 N–H and O–H groups in total. The molecule has 270 valence electrons. The van der Waals surface area contributed by atoms with Gasteiger partial charge < -0.3 is 8.83 Å². The third kappa shape index (κ3) is 5.81. The normalized spacial score (nSPS) is 13.4. The van der Waals surface area contributed by atoms with Crippen LogP contribution in [-0.4, -0.2) is 16.7 Å². The summed E-state index contributed by atoms with van der Waals surface area (Å²) in [6, 6.07) is 59.5. The molecule has 10 aromatic rings. The summed E-state index contributed by atoms with van der Waals surface area (Å²) in [4.78, 5) is 9.67. The molecule has 0 fully saturated rings. The molecular weight excluding hydrogens is 811 g/mol. The number of nitrogens with zero attached hydrogens (tertiary/aromatic N) is 2. The van der Waals surface area contributed by atoms with E-state index in [1.807, 2.05) is 36.5 Å². The van der Waals surface area contributed by atoms with Crippen molar-refractivity contribution in [2.45, 2.75) is 0 Å². The van der Waals surface area contributed by atoms with Gasteiger partial charge in [0.25, 0.3) is 0 Å². The molecular formula is C52H33IN2O2. The van der Waals surface area contributed by atoms with Crippen molar-refractivity contribution < 1.29 is 8.83 Å². The van der Waals surface area contributed by atoms with Crippen LogP contribution in [0.2, 0.25) is 0 Å². The maximum absolute atomic E-state index is 6.79. The highest BCUT2D eigenvalue weighted by molar-refractivity contribution is 14.2. The Kier molecular flexibility index (Phi) is 8.07. The lowest BCUT2D eigenvalue weighted by Gasteiger charge is -2.18. The predicted octanol–water partition coefficient (Wildman–Crippen LogP) is 13.8. The number of aromatic nitrogens is 1. The fraction of sp³-hybridized carbons (Fsp3) is 0. The van der Waals surface area contributed by atoms with Crippen LogP contribution in [0.3, 0.4) is 0 Å². The van der Waals surface area contributed by atoms with Gasteiger partial charge in [0.2, 0.25) is 0 Å². The number of aliphatic imine (C=N–C) groups is 1. The summed E-state index contributed by atoms with van der Waals surface area (Å²) in [7, 11) is 0. The summed E-state index contributed by atoms with van der Waals surface area (Å²) in [6.07, 6.45) is 5.98. The first-order chi connectivity index (χ1) is 28.2. The van der Waals surface area contributed by atoms with Crippen molar-refractivity contribution in [1.29, 1.82) is 0 Å². The largest absolute Gasteiger partial charge is 0.456 e. The molecule has 0 radical (unpaired) electrons. The average Bonchev–Trinajstić information content (AvgIpc) is 3.86. The van der Waals surface area contributed by atoms with Gasteiger partial charge in [-0.3, -0.25) is 4.98 Å². The number of allylic oxidation sites excluding steroid dienone is 1. The van der Waals surface area contributed by atoms with E-state index in [1.165, 1.54) is 3.51 Å². The van der Waals surface area contributed by atoms with Crippen LogP contribution in [0.15, 0.2) is 202 Å². The number of rotatable bonds is 6. The minimum absolute atomic E-state index is 0.858. The van der Waals surface area contributed by atoms with E-state index in [-0.39, 0.29) is 0 Å². The van der Waals surface area contributed by atoms with E-state index in [0.29, 0.717) is 0 Å². The van der Waals surface area contributed by atoms with E-state index in [0.717, 1.165) is 103 Å². The molecule has 7 aromatic carbocycles. The second-order valence-corrected chi connectivity index (χ2v) is 18.4. The SMILES string of the molecule is C=I1=C(c2ccc(-c3ccc4c(c3)oc3ccccc34)c3oc4ccccc4c23)C=C(c2ccccc2)N=C1c1ccc(-c2ccc(-c3cccnc3)cc2)cc1. The van der Waals surface area contributed by atoms with Crippen molar-refractivity contribution >= 4 is 80.2 Å². The molecule has 4 nitrogen and oxygen atoms in total. The van der Waals surface area contributed by atoms with Crippen LogP contribution >= 0.6 is 18.9 Å². The third-order valence-electron chi connectivity index (χ3n) is 10.8. The average molecular weight is 845 g/mol. The number of hydrogen-bond acceptors (Lipinski definition) is 4. The molecule has 0 bridgehead atoms. The fourth-order valence-electron chi connectivity index (χ4n) is 7.96. The Bertz CT molecular complexity index is 3330. The second kappa shape index (κ2) is 13.7. The molecule has 11 rings (SSSR count). The predicted molar refractivity (Wildman–Crippen MR) is 248 cm³/mol. The fourth-order valence-corrected chi connectivity index (χ4v) is 12.0. The number of para-hydroxylation sites is 2. The summed E-state index contributed by atoms with van der Waals surface area (Å²) in [5.41, 5.74) is 14.4. The highest BCUT2D eigenvalue weighted by Gasteiger charge is 2.22. The standard InChI is InChI=1S/C52H33IN2O2/c1-53-45(43-28-27-40(51-50(43)44-14-6-8-16-48(44)57-51)38-25-26-42-41-13-5-7-15-47(41)56-49(42)30-38)31-46(36-10-3-2-4-11-36)55-52(53)37-23-21-34(22-24-37)33-17-19-35(20-18-33)39-12-9-29-54-32-39/h2-32H,1H2. The Balaban J connectivity index is 1.05. The Morgan fingerprint density at radius 1 is 0.456 bits per heavy atom. The lowest BCUT2D eigenvalue weighted by Crippen LogP contribution is -2.07. The molecule has 0 spiro atoms. The van der Waals surface area contributed by atoms with Gasteiger partial charge in [-0.2, -0.15) is 0 Å². The molecule has 0 amide bonds. The number of halogens is 1. The van der Waals surface area contributed by atoms with E-state index in [1.54, 1.807) is 6.20 Å². The van der Waals surface area contributed by atoms with Crippen LogP contribution < -0.4 is 0 Å². The van der Waals surface area contributed by atoms with Crippen molar-refractivity contribution in [2.24, 2.45) is 4.99 Å². The number of pyridine rings is 1. The maximum atomic E-state index is 6.79. The molecule has 0 saturated heterocycles. The Hall–Kier alpha value is -6.83. The van der Waals surface area contributed by atoms with Crippen molar-refractivity contribution in [1.82, 2.24) is 4.98 Å². The first kappa shape index (κ1) is 33.5. The second-order valence-electron chi connectivity index (χ2n) is 14.2. The molecule has 57 heavy (non-hydrogen) atoms. The molecule has 0 saturated carbocycles. The minimum atomic E-state index is -2.33. The molecule has 4 heterocycles. The van der Waals surface area contributed by atoms with E-state index in [2.05, 4.69) is 151 Å². The lowest BCUT2D eigenvalue weighted by atomic mass is 9.96. The van der Waals surface area contributed by atoms with Crippen LogP contribution in [0.4, 0.5) is 0 Å². The van der Waals surface area contributed by atoms with Crippen LogP contribution in [0.25, 0.3) is 83.0 Å². The van der Waals surface area contributed by atoms with Gasteiger partial charge in [0.1, 0.15) is 22.3 Å². The molecule has 0 aliphatic carbocycles. The monoisotopic (exact) mass is 844 g/mol. The van der Waals surface area contributed by atoms with Gasteiger partial charge in [-0.05, 0) is 75.9 Å². The summed E-state index contributed by atoms with van der Waals surface area (Å²) in [5, 5.41) is 4.41. The first-order valence-corrected chi connectivity index (χ1v) is 22.5. The number of furan rings is 2. The molecule has 0 unspecified atom stereocenters. The highest BCUT2D eigenvalue weighted by atomic mass is 127. The van der Waals surface area contributed by atoms with Crippen LogP contribution in [-0.2, 0) is 0 Å². The summed E-state index contributed by atoms with van der Waals surface area (Å²) in [6.45, 7) is 0. The van der Waals surface area contributed by atoms with Crippen LogP contribution in [0.1, 0.15) is 16.7 Å². The zero-order valence-corrected chi connectivity index (χ0v) is 32.9. The summed E-state index contributed by atoms with van der Waals surface area (Å²) >= 11 is -2.33. The molecule has 0 atom stereocenters.